The molecule has 1 aromatic rings. The molecule has 0 atom stereocenters. The number of nitrogens with one attached hydrogen (secondary N) is 1. The highest BCUT2D eigenvalue weighted by molar-refractivity contribution is 7.89. The van der Waals surface area contributed by atoms with E-state index in [2.05, 4.69) is 5.32 Å². The van der Waals surface area contributed by atoms with E-state index in [1.807, 2.05) is 0 Å². The molecular formula is C15H22N2O3S. The molecule has 3 N–H and O–H groups in total. The van der Waals surface area contributed by atoms with Crippen LogP contribution in [0, 0.1) is 5.92 Å². The summed E-state index contributed by atoms with van der Waals surface area (Å²) < 4.78 is 22.2. The van der Waals surface area contributed by atoms with Crippen LogP contribution in [-0.4, -0.2) is 20.9 Å². The fourth-order valence-electron chi connectivity index (χ4n) is 2.22. The standard InChI is InChI=1S/C15H22N2O3S/c16-21(19,20)14-8-5-13(6-9-14)7-10-15(18)17-11-1-2-12-3-4-12/h5-6,8-9,12H,1-4,7,10-11H2,(H,17,18)(H2,16,19,20). The molecular weight excluding hydrogens is 288 g/mol. The quantitative estimate of drug-likeness (QED) is 0.714. The zero-order valence-corrected chi connectivity index (χ0v) is 12.9. The fraction of sp³-hybridized carbons (Fsp3) is 0.533. The van der Waals surface area contributed by atoms with Crippen molar-refractivity contribution in [3.05, 3.63) is 29.8 Å². The zero-order valence-electron chi connectivity index (χ0n) is 12.0. The van der Waals surface area contributed by atoms with Gasteiger partial charge in [0, 0.05) is 13.0 Å². The highest BCUT2D eigenvalue weighted by atomic mass is 32.2. The highest BCUT2D eigenvalue weighted by Gasteiger charge is 2.20. The SMILES string of the molecule is NS(=O)(=O)c1ccc(CCC(=O)NCCCC2CC2)cc1. The normalized spacial score (nSPS) is 14.9. The van der Waals surface area contributed by atoms with Gasteiger partial charge in [0.15, 0.2) is 0 Å². The summed E-state index contributed by atoms with van der Waals surface area (Å²) in [5, 5.41) is 7.95. The molecule has 0 unspecified atom stereocenters. The van der Waals surface area contributed by atoms with E-state index >= 15 is 0 Å². The van der Waals surface area contributed by atoms with Crippen molar-refractivity contribution in [3.63, 3.8) is 0 Å². The largest absolute Gasteiger partial charge is 0.356 e. The van der Waals surface area contributed by atoms with Crippen molar-refractivity contribution in [1.29, 1.82) is 0 Å². The Hall–Kier alpha value is -1.40. The first-order valence-corrected chi connectivity index (χ1v) is 8.88. The molecule has 0 aromatic heterocycles. The Morgan fingerprint density at radius 3 is 2.48 bits per heavy atom. The lowest BCUT2D eigenvalue weighted by atomic mass is 10.1. The topological polar surface area (TPSA) is 89.3 Å². The van der Waals surface area contributed by atoms with E-state index in [0.29, 0.717) is 12.8 Å². The Morgan fingerprint density at radius 1 is 1.24 bits per heavy atom. The molecule has 0 heterocycles. The van der Waals surface area contributed by atoms with Crippen LogP contribution in [0.2, 0.25) is 0 Å². The van der Waals surface area contributed by atoms with Gasteiger partial charge in [-0.2, -0.15) is 0 Å². The number of carbonyl (C=O) groups is 1. The number of rotatable bonds is 8. The van der Waals surface area contributed by atoms with Gasteiger partial charge in [-0.15, -0.1) is 0 Å². The van der Waals surface area contributed by atoms with Gasteiger partial charge in [-0.1, -0.05) is 25.0 Å². The van der Waals surface area contributed by atoms with E-state index in [0.717, 1.165) is 24.4 Å². The molecule has 21 heavy (non-hydrogen) atoms. The summed E-state index contributed by atoms with van der Waals surface area (Å²) in [5.74, 6) is 0.945. The Balaban J connectivity index is 1.68. The van der Waals surface area contributed by atoms with Crippen LogP contribution in [0.15, 0.2) is 29.2 Å². The van der Waals surface area contributed by atoms with Gasteiger partial charge in [0.2, 0.25) is 15.9 Å². The molecule has 0 aliphatic heterocycles. The van der Waals surface area contributed by atoms with Gasteiger partial charge in [-0.05, 0) is 42.9 Å². The predicted molar refractivity (Wildman–Crippen MR) is 81.1 cm³/mol. The zero-order chi connectivity index (χ0) is 15.3. The Morgan fingerprint density at radius 2 is 1.90 bits per heavy atom. The number of nitrogens with two attached hydrogens (primary N) is 1. The summed E-state index contributed by atoms with van der Waals surface area (Å²) in [7, 11) is -3.65. The second kappa shape index (κ2) is 7.04. The van der Waals surface area contributed by atoms with Crippen molar-refractivity contribution in [1.82, 2.24) is 5.32 Å². The number of primary sulfonamides is 1. The molecule has 1 aliphatic rings. The van der Waals surface area contributed by atoms with E-state index in [9.17, 15) is 13.2 Å². The first kappa shape index (κ1) is 16.0. The number of hydrogen-bond donors (Lipinski definition) is 2. The van der Waals surface area contributed by atoms with Crippen LogP contribution in [0.3, 0.4) is 0 Å². The number of amides is 1. The van der Waals surface area contributed by atoms with Gasteiger partial charge in [0.25, 0.3) is 0 Å². The van der Waals surface area contributed by atoms with Gasteiger partial charge in [-0.3, -0.25) is 4.79 Å². The summed E-state index contributed by atoms with van der Waals surface area (Å²) in [6.07, 6.45) is 5.98. The molecule has 116 valence electrons. The van der Waals surface area contributed by atoms with Crippen LogP contribution in [0.1, 0.15) is 37.7 Å². The van der Waals surface area contributed by atoms with Crippen LogP contribution in [0.25, 0.3) is 0 Å². The second-order valence-corrected chi connectivity index (χ2v) is 7.19. The van der Waals surface area contributed by atoms with Crippen molar-refractivity contribution in [2.75, 3.05) is 6.54 Å². The Bertz CT molecular complexity index is 577. The van der Waals surface area contributed by atoms with E-state index < -0.39 is 10.0 Å². The lowest BCUT2D eigenvalue weighted by Gasteiger charge is -2.05. The predicted octanol–water partition coefficient (Wildman–Crippen LogP) is 1.57. The number of carbonyl (C=O) groups excluding carboxylic acids is 1. The second-order valence-electron chi connectivity index (χ2n) is 5.62. The van der Waals surface area contributed by atoms with Gasteiger partial charge < -0.3 is 5.32 Å². The van der Waals surface area contributed by atoms with Crippen LogP contribution in [0.4, 0.5) is 0 Å². The van der Waals surface area contributed by atoms with Crippen molar-refractivity contribution < 1.29 is 13.2 Å². The van der Waals surface area contributed by atoms with Crippen molar-refractivity contribution in [2.24, 2.45) is 11.1 Å². The third-order valence-corrected chi connectivity index (χ3v) is 4.63. The molecule has 1 amide bonds. The van der Waals surface area contributed by atoms with E-state index in [1.54, 1.807) is 12.1 Å². The molecule has 5 nitrogen and oxygen atoms in total. The smallest absolute Gasteiger partial charge is 0.238 e. The molecule has 0 radical (unpaired) electrons. The maximum Gasteiger partial charge on any atom is 0.238 e. The number of benzene rings is 1. The number of aryl methyl sites for hydroxylation is 1. The minimum atomic E-state index is -3.65. The maximum atomic E-state index is 11.7. The van der Waals surface area contributed by atoms with Crippen molar-refractivity contribution in [3.8, 4) is 0 Å². The molecule has 0 saturated heterocycles. The lowest BCUT2D eigenvalue weighted by Crippen LogP contribution is -2.24. The molecule has 1 aliphatic carbocycles. The highest BCUT2D eigenvalue weighted by Crippen LogP contribution is 2.33. The number of sulfonamides is 1. The van der Waals surface area contributed by atoms with Crippen molar-refractivity contribution in [2.45, 2.75) is 43.4 Å². The first-order valence-electron chi connectivity index (χ1n) is 7.33. The van der Waals surface area contributed by atoms with Crippen LogP contribution in [0.5, 0.6) is 0 Å². The van der Waals surface area contributed by atoms with Crippen molar-refractivity contribution >= 4 is 15.9 Å². The molecule has 1 fully saturated rings. The van der Waals surface area contributed by atoms with Gasteiger partial charge >= 0.3 is 0 Å². The minimum absolute atomic E-state index is 0.0429. The van der Waals surface area contributed by atoms with Crippen LogP contribution >= 0.6 is 0 Å². The summed E-state index contributed by atoms with van der Waals surface area (Å²) >= 11 is 0. The average molecular weight is 310 g/mol. The Labute approximate surface area is 126 Å². The van der Waals surface area contributed by atoms with Gasteiger partial charge in [0.1, 0.15) is 0 Å². The minimum Gasteiger partial charge on any atom is -0.356 e. The van der Waals surface area contributed by atoms with Crippen LogP contribution < -0.4 is 10.5 Å². The lowest BCUT2D eigenvalue weighted by molar-refractivity contribution is -0.121. The van der Waals surface area contributed by atoms with E-state index in [1.165, 1.54) is 31.4 Å². The average Bonchev–Trinajstić information content (AvgIpc) is 3.25. The van der Waals surface area contributed by atoms with E-state index in [4.69, 9.17) is 5.14 Å². The first-order chi connectivity index (χ1) is 9.95. The summed E-state index contributed by atoms with van der Waals surface area (Å²) in [6, 6.07) is 6.33. The summed E-state index contributed by atoms with van der Waals surface area (Å²) in [4.78, 5) is 11.8. The molecule has 0 spiro atoms. The van der Waals surface area contributed by atoms with E-state index in [-0.39, 0.29) is 10.8 Å². The molecule has 2 rings (SSSR count). The molecule has 6 heteroatoms. The third-order valence-electron chi connectivity index (χ3n) is 3.70. The molecule has 1 saturated carbocycles. The molecule has 1 aromatic carbocycles. The fourth-order valence-corrected chi connectivity index (χ4v) is 2.73. The third kappa shape index (κ3) is 5.85. The Kier molecular flexibility index (Phi) is 5.36. The summed E-state index contributed by atoms with van der Waals surface area (Å²) in [5.41, 5.74) is 0.926. The van der Waals surface area contributed by atoms with Gasteiger partial charge in [-0.25, -0.2) is 13.6 Å². The van der Waals surface area contributed by atoms with Crippen LogP contribution in [-0.2, 0) is 21.2 Å². The van der Waals surface area contributed by atoms with Gasteiger partial charge in [0.05, 0.1) is 4.90 Å². The monoisotopic (exact) mass is 310 g/mol. The number of hydrogen-bond acceptors (Lipinski definition) is 3. The summed E-state index contributed by atoms with van der Waals surface area (Å²) in [6.45, 7) is 0.750. The maximum absolute atomic E-state index is 11.7. The molecule has 0 bridgehead atoms.